The summed E-state index contributed by atoms with van der Waals surface area (Å²) in [7, 11) is 0. The number of hydrogen-bond acceptors (Lipinski definition) is 5. The van der Waals surface area contributed by atoms with Gasteiger partial charge in [-0.15, -0.1) is 0 Å². The van der Waals surface area contributed by atoms with E-state index in [0.29, 0.717) is 26.2 Å². The van der Waals surface area contributed by atoms with Crippen LogP contribution in [0.1, 0.15) is 40.8 Å². The maximum absolute atomic E-state index is 14.5. The number of carbonyl (C=O) groups excluding carboxylic acids is 1. The molecule has 0 bridgehead atoms. The van der Waals surface area contributed by atoms with E-state index in [2.05, 4.69) is 31.0 Å². The van der Waals surface area contributed by atoms with Gasteiger partial charge in [0, 0.05) is 22.0 Å². The molecule has 0 saturated carbocycles. The van der Waals surface area contributed by atoms with Crippen molar-refractivity contribution in [3.8, 4) is 11.3 Å². The van der Waals surface area contributed by atoms with Crippen molar-refractivity contribution in [1.29, 1.82) is 0 Å². The smallest absolute Gasteiger partial charge is 0.338 e. The second-order valence-electron chi connectivity index (χ2n) is 11.3. The lowest BCUT2D eigenvalue weighted by Gasteiger charge is -2.25. The molecule has 1 aliphatic rings. The van der Waals surface area contributed by atoms with Gasteiger partial charge in [-0.3, -0.25) is 9.36 Å². The van der Waals surface area contributed by atoms with Crippen molar-refractivity contribution in [3.63, 3.8) is 0 Å². The first-order chi connectivity index (χ1) is 22.3. The number of aromatic amines is 1. The Labute approximate surface area is 268 Å². The quantitative estimate of drug-likeness (QED) is 0.206. The molecule has 0 radical (unpaired) electrons. The van der Waals surface area contributed by atoms with E-state index >= 15 is 0 Å². The fourth-order valence-corrected chi connectivity index (χ4v) is 7.17. The van der Waals surface area contributed by atoms with E-state index in [4.69, 9.17) is 9.73 Å². The lowest BCUT2D eigenvalue weighted by Crippen LogP contribution is -2.40. The van der Waals surface area contributed by atoms with Crippen LogP contribution in [0, 0.1) is 19.7 Å². The second kappa shape index (κ2) is 11.9. The SMILES string of the molecule is CCOC(=O)C1=C(c2ccccc2)N=c2s/c(=C\c3c(-c4ccccc4)[nH]c4c(C)cc(C)cc34)c(=O)n2[C@@H]1c1ccc(F)cc1. The normalized spacial score (nSPS) is 14.8. The first-order valence-electron chi connectivity index (χ1n) is 15.1. The van der Waals surface area contributed by atoms with Crippen LogP contribution in [-0.2, 0) is 9.53 Å². The van der Waals surface area contributed by atoms with Gasteiger partial charge in [0.15, 0.2) is 4.80 Å². The van der Waals surface area contributed by atoms with Crippen molar-refractivity contribution < 1.29 is 13.9 Å². The zero-order valence-corrected chi connectivity index (χ0v) is 26.3. The Balaban J connectivity index is 1.55. The largest absolute Gasteiger partial charge is 0.463 e. The fraction of sp³-hybridized carbons (Fsp3) is 0.132. The van der Waals surface area contributed by atoms with Crippen LogP contribution in [0.3, 0.4) is 0 Å². The molecule has 8 heteroatoms. The molecule has 0 saturated heterocycles. The van der Waals surface area contributed by atoms with Crippen molar-refractivity contribution in [3.05, 3.63) is 156 Å². The molecule has 4 aromatic carbocycles. The van der Waals surface area contributed by atoms with Gasteiger partial charge in [0.25, 0.3) is 5.56 Å². The second-order valence-corrected chi connectivity index (χ2v) is 12.3. The van der Waals surface area contributed by atoms with Crippen LogP contribution in [0.15, 0.2) is 112 Å². The van der Waals surface area contributed by atoms with E-state index in [1.165, 1.54) is 28.0 Å². The summed E-state index contributed by atoms with van der Waals surface area (Å²) in [5.41, 5.74) is 7.65. The molecule has 3 heterocycles. The molecule has 1 atom stereocenters. The summed E-state index contributed by atoms with van der Waals surface area (Å²) in [6.07, 6.45) is 1.92. The number of carbonyl (C=O) groups is 1. The summed E-state index contributed by atoms with van der Waals surface area (Å²) in [5.74, 6) is -0.998. The molecule has 0 unspecified atom stereocenters. The van der Waals surface area contributed by atoms with E-state index in [1.807, 2.05) is 66.7 Å². The maximum atomic E-state index is 14.5. The topological polar surface area (TPSA) is 76.4 Å². The number of hydrogen-bond donors (Lipinski definition) is 1. The van der Waals surface area contributed by atoms with Gasteiger partial charge in [-0.05, 0) is 61.7 Å². The molecule has 6 nitrogen and oxygen atoms in total. The molecule has 0 spiro atoms. The van der Waals surface area contributed by atoms with Gasteiger partial charge >= 0.3 is 5.97 Å². The lowest BCUT2D eigenvalue weighted by atomic mass is 9.93. The Morgan fingerprint density at radius 3 is 2.33 bits per heavy atom. The zero-order chi connectivity index (χ0) is 31.9. The minimum Gasteiger partial charge on any atom is -0.463 e. The number of rotatable bonds is 6. The highest BCUT2D eigenvalue weighted by Crippen LogP contribution is 2.36. The van der Waals surface area contributed by atoms with Crippen LogP contribution < -0.4 is 14.9 Å². The first-order valence-corrected chi connectivity index (χ1v) is 15.9. The van der Waals surface area contributed by atoms with Crippen LogP contribution in [0.5, 0.6) is 0 Å². The third-order valence-corrected chi connectivity index (χ3v) is 9.17. The number of H-pyrrole nitrogens is 1. The molecule has 0 fully saturated rings. The first kappa shape index (κ1) is 29.4. The number of nitrogens with zero attached hydrogens (tertiary/aromatic N) is 2. The minimum absolute atomic E-state index is 0.145. The molecule has 228 valence electrons. The standard InChI is InChI=1S/C38H30FN3O3S/c1-4-45-37(44)31-34(25-13-9-6-10-14-25)41-38-42(35(31)26-15-17-27(39)18-16-26)36(43)30(46-38)21-29-28-20-22(2)19-23(3)32(28)40-33(29)24-11-7-5-8-12-24/h5-21,35,40H,4H2,1-3H3/b30-21-/t35-/m1/s1. The zero-order valence-electron chi connectivity index (χ0n) is 25.5. The number of benzene rings is 4. The van der Waals surface area contributed by atoms with Crippen molar-refractivity contribution in [2.45, 2.75) is 26.8 Å². The van der Waals surface area contributed by atoms with Crippen molar-refractivity contribution in [1.82, 2.24) is 9.55 Å². The molecule has 0 amide bonds. The number of halogens is 1. The third-order valence-electron chi connectivity index (χ3n) is 8.19. The summed E-state index contributed by atoms with van der Waals surface area (Å²) in [4.78, 5) is 37.2. The van der Waals surface area contributed by atoms with E-state index in [-0.39, 0.29) is 17.7 Å². The van der Waals surface area contributed by atoms with Gasteiger partial charge in [-0.1, -0.05) is 95.8 Å². The van der Waals surface area contributed by atoms with Gasteiger partial charge in [0.1, 0.15) is 5.82 Å². The Morgan fingerprint density at radius 2 is 1.65 bits per heavy atom. The van der Waals surface area contributed by atoms with Gasteiger partial charge < -0.3 is 9.72 Å². The monoisotopic (exact) mass is 627 g/mol. The van der Waals surface area contributed by atoms with E-state index in [9.17, 15) is 14.0 Å². The Hall–Kier alpha value is -5.34. The summed E-state index contributed by atoms with van der Waals surface area (Å²) in [6, 6.07) is 28.6. The molecule has 0 aliphatic carbocycles. The average molecular weight is 628 g/mol. The molecular weight excluding hydrogens is 598 g/mol. The average Bonchev–Trinajstić information content (AvgIpc) is 3.58. The highest BCUT2D eigenvalue weighted by Gasteiger charge is 2.35. The number of fused-ring (bicyclic) bond motifs is 2. The Morgan fingerprint density at radius 1 is 0.978 bits per heavy atom. The predicted molar refractivity (Wildman–Crippen MR) is 181 cm³/mol. The van der Waals surface area contributed by atoms with Crippen molar-refractivity contribution in [2.75, 3.05) is 6.61 Å². The van der Waals surface area contributed by atoms with Gasteiger partial charge in [0.2, 0.25) is 0 Å². The van der Waals surface area contributed by atoms with Gasteiger partial charge in [0.05, 0.1) is 34.1 Å². The number of nitrogens with one attached hydrogen (secondary N) is 1. The summed E-state index contributed by atoms with van der Waals surface area (Å²) < 4.78 is 21.7. The number of aryl methyl sites for hydroxylation is 2. The van der Waals surface area contributed by atoms with E-state index < -0.39 is 17.8 Å². The molecular formula is C38H30FN3O3S. The molecule has 6 aromatic rings. The van der Waals surface area contributed by atoms with Gasteiger partial charge in [-0.25, -0.2) is 14.2 Å². The molecule has 2 aromatic heterocycles. The summed E-state index contributed by atoms with van der Waals surface area (Å²) in [5, 5.41) is 1.01. The van der Waals surface area contributed by atoms with E-state index in [0.717, 1.165) is 38.9 Å². The lowest BCUT2D eigenvalue weighted by molar-refractivity contribution is -0.138. The van der Waals surface area contributed by atoms with Crippen LogP contribution in [-0.4, -0.2) is 22.1 Å². The maximum Gasteiger partial charge on any atom is 0.338 e. The summed E-state index contributed by atoms with van der Waals surface area (Å²) >= 11 is 1.26. The highest BCUT2D eigenvalue weighted by atomic mass is 32.1. The third kappa shape index (κ3) is 5.10. The fourth-order valence-electron chi connectivity index (χ4n) is 6.19. The van der Waals surface area contributed by atoms with Crippen LogP contribution in [0.25, 0.3) is 33.9 Å². The van der Waals surface area contributed by atoms with Crippen LogP contribution in [0.4, 0.5) is 4.39 Å². The number of thiazole rings is 1. The molecule has 1 N–H and O–H groups in total. The number of ether oxygens (including phenoxy) is 1. The Kier molecular flexibility index (Phi) is 7.58. The van der Waals surface area contributed by atoms with Gasteiger partial charge in [-0.2, -0.15) is 0 Å². The van der Waals surface area contributed by atoms with E-state index in [1.54, 1.807) is 19.1 Å². The minimum atomic E-state index is -0.880. The Bertz CT molecular complexity index is 2330. The number of esters is 1. The van der Waals surface area contributed by atoms with Crippen molar-refractivity contribution >= 4 is 40.0 Å². The highest BCUT2D eigenvalue weighted by molar-refractivity contribution is 7.07. The summed E-state index contributed by atoms with van der Waals surface area (Å²) in [6.45, 7) is 6.01. The van der Waals surface area contributed by atoms with Crippen LogP contribution in [0.2, 0.25) is 0 Å². The molecule has 7 rings (SSSR count). The number of aromatic nitrogens is 2. The molecule has 1 aliphatic heterocycles. The molecule has 46 heavy (non-hydrogen) atoms. The predicted octanol–water partition coefficient (Wildman–Crippen LogP) is 6.84. The van der Waals surface area contributed by atoms with Crippen molar-refractivity contribution in [2.24, 2.45) is 4.99 Å². The van der Waals surface area contributed by atoms with Crippen LogP contribution >= 0.6 is 11.3 Å².